The van der Waals surface area contributed by atoms with Crippen molar-refractivity contribution in [2.24, 2.45) is 0 Å². The molecule has 2 aromatic heterocycles. The van der Waals surface area contributed by atoms with E-state index in [1.807, 2.05) is 35.5 Å². The van der Waals surface area contributed by atoms with Gasteiger partial charge in [0, 0.05) is 34.6 Å². The molecule has 3 heterocycles. The molecule has 0 saturated carbocycles. The summed E-state index contributed by atoms with van der Waals surface area (Å²) < 4.78 is 5.78. The third-order valence-corrected chi connectivity index (χ3v) is 5.56. The number of rotatable bonds is 6. The smallest absolute Gasteiger partial charge is 0.237 e. The number of thiazole rings is 1. The van der Waals surface area contributed by atoms with Crippen molar-refractivity contribution in [3.8, 4) is 5.75 Å². The number of nitrogens with one attached hydrogen (secondary N) is 2. The lowest BCUT2D eigenvalue weighted by Crippen LogP contribution is -2.53. The Morgan fingerprint density at radius 1 is 1.50 bits per heavy atom. The Bertz CT molecular complexity index is 925. The van der Waals surface area contributed by atoms with Crippen molar-refractivity contribution in [1.82, 2.24) is 20.2 Å². The van der Waals surface area contributed by atoms with Crippen molar-refractivity contribution in [2.75, 3.05) is 13.6 Å². The number of benzene rings is 1. The van der Waals surface area contributed by atoms with Gasteiger partial charge in [-0.3, -0.25) is 9.69 Å². The number of aromatic nitrogens is 2. The van der Waals surface area contributed by atoms with Crippen molar-refractivity contribution in [3.63, 3.8) is 0 Å². The summed E-state index contributed by atoms with van der Waals surface area (Å²) in [5, 5.41) is 6.47. The van der Waals surface area contributed by atoms with Gasteiger partial charge in [0.2, 0.25) is 5.91 Å². The highest BCUT2D eigenvalue weighted by Crippen LogP contribution is 2.31. The number of carbonyl (C=O) groups is 1. The first kappa shape index (κ1) is 17.3. The highest BCUT2D eigenvalue weighted by molar-refractivity contribution is 7.07. The van der Waals surface area contributed by atoms with Gasteiger partial charge in [0.25, 0.3) is 0 Å². The molecule has 8 heteroatoms. The quantitative estimate of drug-likeness (QED) is 0.678. The number of carbonyl (C=O) groups excluding carboxylic acids is 1. The standard InChI is InChI=1S/C18H19ClN4O2S/c1-23-3-2-16(23)18(24)20-7-12-4-11-5-14(19)17(6-15(11)22-12)25-8-13-9-26-10-21-13/h4-6,9-10,16,22H,2-3,7-8H2,1H3,(H,20,24). The highest BCUT2D eigenvalue weighted by Gasteiger charge is 2.30. The van der Waals surface area contributed by atoms with E-state index in [4.69, 9.17) is 16.3 Å². The molecule has 0 spiro atoms. The number of hydrogen-bond acceptors (Lipinski definition) is 5. The number of amides is 1. The van der Waals surface area contributed by atoms with Crippen LogP contribution in [0.25, 0.3) is 10.9 Å². The van der Waals surface area contributed by atoms with Gasteiger partial charge in [0.05, 0.1) is 28.8 Å². The lowest BCUT2D eigenvalue weighted by Gasteiger charge is -2.36. The number of likely N-dealkylation sites (tertiary alicyclic amines) is 1. The van der Waals surface area contributed by atoms with Crippen molar-refractivity contribution in [3.05, 3.63) is 45.5 Å². The van der Waals surface area contributed by atoms with Crippen LogP contribution < -0.4 is 10.1 Å². The molecule has 136 valence electrons. The minimum absolute atomic E-state index is 0.000426. The molecule has 0 bridgehead atoms. The summed E-state index contributed by atoms with van der Waals surface area (Å²) in [4.78, 5) is 21.7. The summed E-state index contributed by atoms with van der Waals surface area (Å²) in [6.45, 7) is 1.82. The molecule has 1 atom stereocenters. The fourth-order valence-corrected chi connectivity index (χ4v) is 3.78. The van der Waals surface area contributed by atoms with E-state index in [1.54, 1.807) is 5.51 Å². The van der Waals surface area contributed by atoms with E-state index in [0.29, 0.717) is 23.9 Å². The molecular formula is C18H19ClN4O2S. The molecule has 0 radical (unpaired) electrons. The number of halogens is 1. The largest absolute Gasteiger partial charge is 0.486 e. The summed E-state index contributed by atoms with van der Waals surface area (Å²) in [7, 11) is 1.96. The second-order valence-corrected chi connectivity index (χ2v) is 7.56. The summed E-state index contributed by atoms with van der Waals surface area (Å²) in [6, 6.07) is 5.75. The van der Waals surface area contributed by atoms with Crippen LogP contribution in [0.4, 0.5) is 0 Å². The zero-order valence-corrected chi connectivity index (χ0v) is 15.9. The number of H-pyrrole nitrogens is 1. The Hall–Kier alpha value is -2.09. The van der Waals surface area contributed by atoms with Gasteiger partial charge in [-0.1, -0.05) is 11.6 Å². The zero-order valence-electron chi connectivity index (χ0n) is 14.3. The Balaban J connectivity index is 1.43. The van der Waals surface area contributed by atoms with Crippen LogP contribution in [-0.2, 0) is 17.9 Å². The topological polar surface area (TPSA) is 70.2 Å². The van der Waals surface area contributed by atoms with E-state index in [9.17, 15) is 4.79 Å². The molecule has 4 rings (SSSR count). The molecule has 6 nitrogen and oxygen atoms in total. The van der Waals surface area contributed by atoms with Crippen molar-refractivity contribution in [2.45, 2.75) is 25.6 Å². The van der Waals surface area contributed by atoms with Crippen LogP contribution in [-0.4, -0.2) is 40.4 Å². The Morgan fingerprint density at radius 2 is 2.38 bits per heavy atom. The number of ether oxygens (including phenoxy) is 1. The van der Waals surface area contributed by atoms with Crippen LogP contribution in [0.5, 0.6) is 5.75 Å². The maximum Gasteiger partial charge on any atom is 0.237 e. The first-order valence-electron chi connectivity index (χ1n) is 8.39. The molecule has 26 heavy (non-hydrogen) atoms. The summed E-state index contributed by atoms with van der Waals surface area (Å²) in [5.74, 6) is 0.684. The average molecular weight is 391 g/mol. The molecule has 0 aliphatic carbocycles. The summed E-state index contributed by atoms with van der Waals surface area (Å²) in [5.41, 5.74) is 4.51. The minimum Gasteiger partial charge on any atom is -0.486 e. The predicted octanol–water partition coefficient (Wildman–Crippen LogP) is 3.18. The zero-order chi connectivity index (χ0) is 18.1. The number of likely N-dealkylation sites (N-methyl/N-ethyl adjacent to an activating group) is 1. The second kappa shape index (κ2) is 7.26. The highest BCUT2D eigenvalue weighted by atomic mass is 35.5. The maximum atomic E-state index is 12.1. The normalized spacial score (nSPS) is 17.2. The minimum atomic E-state index is -0.000426. The van der Waals surface area contributed by atoms with Gasteiger partial charge in [-0.15, -0.1) is 11.3 Å². The van der Waals surface area contributed by atoms with Crippen molar-refractivity contribution in [1.29, 1.82) is 0 Å². The summed E-state index contributed by atoms with van der Waals surface area (Å²) >= 11 is 7.86. The van der Waals surface area contributed by atoms with Crippen LogP contribution in [0.3, 0.4) is 0 Å². The van der Waals surface area contributed by atoms with Gasteiger partial charge in [0.15, 0.2) is 0 Å². The van der Waals surface area contributed by atoms with Gasteiger partial charge in [0.1, 0.15) is 12.4 Å². The van der Waals surface area contributed by atoms with Crippen LogP contribution in [0.2, 0.25) is 5.02 Å². The van der Waals surface area contributed by atoms with Gasteiger partial charge in [-0.25, -0.2) is 4.98 Å². The lowest BCUT2D eigenvalue weighted by molar-refractivity contribution is -0.129. The Morgan fingerprint density at radius 3 is 3.08 bits per heavy atom. The number of fused-ring (bicyclic) bond motifs is 1. The van der Waals surface area contributed by atoms with E-state index < -0.39 is 0 Å². The lowest BCUT2D eigenvalue weighted by atomic mass is 10.0. The molecular weight excluding hydrogens is 372 g/mol. The SMILES string of the molecule is CN1CCC1C(=O)NCc1cc2cc(Cl)c(OCc3cscn3)cc2[nH]1. The molecule has 1 aliphatic rings. The fourth-order valence-electron chi connectivity index (χ4n) is 3.01. The average Bonchev–Trinajstić information content (AvgIpc) is 3.25. The third kappa shape index (κ3) is 3.56. The van der Waals surface area contributed by atoms with Crippen LogP contribution in [0.1, 0.15) is 17.8 Å². The molecule has 1 unspecified atom stereocenters. The first-order chi connectivity index (χ1) is 12.6. The summed E-state index contributed by atoms with van der Waals surface area (Å²) in [6.07, 6.45) is 0.921. The molecule has 1 fully saturated rings. The van der Waals surface area contributed by atoms with Crippen LogP contribution in [0, 0.1) is 0 Å². The van der Waals surface area contributed by atoms with E-state index in [1.165, 1.54) is 11.3 Å². The van der Waals surface area contributed by atoms with Gasteiger partial charge < -0.3 is 15.0 Å². The number of hydrogen-bond donors (Lipinski definition) is 2. The van der Waals surface area contributed by atoms with Gasteiger partial charge in [-0.2, -0.15) is 0 Å². The number of nitrogens with zero attached hydrogens (tertiary/aromatic N) is 2. The first-order valence-corrected chi connectivity index (χ1v) is 9.71. The Labute approximate surface area is 160 Å². The Kier molecular flexibility index (Phi) is 4.84. The molecule has 1 saturated heterocycles. The molecule has 1 aromatic carbocycles. The second-order valence-electron chi connectivity index (χ2n) is 6.44. The molecule has 1 amide bonds. The van der Waals surface area contributed by atoms with E-state index >= 15 is 0 Å². The molecule has 1 aliphatic heterocycles. The van der Waals surface area contributed by atoms with Crippen LogP contribution >= 0.6 is 22.9 Å². The van der Waals surface area contributed by atoms with Gasteiger partial charge in [-0.05, 0) is 25.6 Å². The van der Waals surface area contributed by atoms with Crippen molar-refractivity contribution >= 4 is 39.7 Å². The van der Waals surface area contributed by atoms with E-state index in [0.717, 1.165) is 35.3 Å². The molecule has 2 N–H and O–H groups in total. The van der Waals surface area contributed by atoms with Crippen LogP contribution in [0.15, 0.2) is 29.1 Å². The number of aromatic amines is 1. The monoisotopic (exact) mass is 390 g/mol. The molecule has 3 aromatic rings. The van der Waals surface area contributed by atoms with Crippen molar-refractivity contribution < 1.29 is 9.53 Å². The van der Waals surface area contributed by atoms with E-state index in [2.05, 4.69) is 15.3 Å². The fraction of sp³-hybridized carbons (Fsp3) is 0.333. The third-order valence-electron chi connectivity index (χ3n) is 4.63. The van der Waals surface area contributed by atoms with Gasteiger partial charge >= 0.3 is 0 Å². The van der Waals surface area contributed by atoms with E-state index in [-0.39, 0.29) is 11.9 Å². The maximum absolute atomic E-state index is 12.1. The predicted molar refractivity (Wildman–Crippen MR) is 103 cm³/mol.